The van der Waals surface area contributed by atoms with Crippen molar-refractivity contribution in [3.8, 4) is 5.82 Å². The lowest BCUT2D eigenvalue weighted by atomic mass is 10.0. The summed E-state index contributed by atoms with van der Waals surface area (Å²) in [5.41, 5.74) is 0.166. The molecule has 0 saturated heterocycles. The molecule has 0 unspecified atom stereocenters. The second kappa shape index (κ2) is 7.05. The minimum Gasteiger partial charge on any atom is -0.390 e. The summed E-state index contributed by atoms with van der Waals surface area (Å²) in [4.78, 5) is 26.1. The Balaban J connectivity index is 2.26. The Hall–Kier alpha value is -2.45. The predicted molar refractivity (Wildman–Crippen MR) is 103 cm³/mol. The lowest BCUT2D eigenvalue weighted by molar-refractivity contribution is 0.0799. The molecule has 3 aromatic heterocycles. The number of nitrogens with zero attached hydrogens (tertiary/aromatic N) is 5. The van der Waals surface area contributed by atoms with Crippen molar-refractivity contribution in [1.82, 2.24) is 24.3 Å². The number of rotatable bonds is 6. The summed E-state index contributed by atoms with van der Waals surface area (Å²) in [7, 11) is 0. The van der Waals surface area contributed by atoms with Gasteiger partial charge in [0.25, 0.3) is 5.56 Å². The van der Waals surface area contributed by atoms with Gasteiger partial charge in [-0.3, -0.25) is 4.79 Å². The first-order chi connectivity index (χ1) is 12.3. The van der Waals surface area contributed by atoms with Crippen LogP contribution < -0.4 is 5.56 Å². The number of pyridine rings is 1. The van der Waals surface area contributed by atoms with E-state index in [1.807, 2.05) is 24.5 Å². The summed E-state index contributed by atoms with van der Waals surface area (Å²) in [6.45, 7) is 7.52. The zero-order valence-electron chi connectivity index (χ0n) is 15.0. The summed E-state index contributed by atoms with van der Waals surface area (Å²) in [5.74, 6) is 0.562. The van der Waals surface area contributed by atoms with Gasteiger partial charge in [0.2, 0.25) is 0 Å². The van der Waals surface area contributed by atoms with Crippen molar-refractivity contribution in [2.24, 2.45) is 0 Å². The molecule has 0 saturated carbocycles. The van der Waals surface area contributed by atoms with E-state index in [9.17, 15) is 9.90 Å². The van der Waals surface area contributed by atoms with E-state index in [2.05, 4.69) is 21.5 Å². The van der Waals surface area contributed by atoms with Gasteiger partial charge in [-0.15, -0.1) is 6.58 Å². The van der Waals surface area contributed by atoms with E-state index >= 15 is 0 Å². The zero-order valence-corrected chi connectivity index (χ0v) is 15.8. The summed E-state index contributed by atoms with van der Waals surface area (Å²) < 4.78 is 3.22. The highest BCUT2D eigenvalue weighted by molar-refractivity contribution is 7.98. The zero-order chi connectivity index (χ0) is 18.9. The topological polar surface area (TPSA) is 85.8 Å². The van der Waals surface area contributed by atoms with Crippen molar-refractivity contribution in [3.05, 3.63) is 53.1 Å². The van der Waals surface area contributed by atoms with E-state index in [1.165, 1.54) is 16.4 Å². The third kappa shape index (κ3) is 3.56. The van der Waals surface area contributed by atoms with E-state index in [0.29, 0.717) is 35.0 Å². The van der Waals surface area contributed by atoms with Gasteiger partial charge in [0.1, 0.15) is 5.39 Å². The molecule has 0 aromatic carbocycles. The summed E-state index contributed by atoms with van der Waals surface area (Å²) in [6.07, 6.45) is 5.48. The molecule has 0 aliphatic rings. The molecular weight excluding hydrogens is 350 g/mol. The van der Waals surface area contributed by atoms with E-state index in [4.69, 9.17) is 0 Å². The van der Waals surface area contributed by atoms with Crippen molar-refractivity contribution in [1.29, 1.82) is 0 Å². The van der Waals surface area contributed by atoms with Crippen LogP contribution in [0.4, 0.5) is 0 Å². The first-order valence-electron chi connectivity index (χ1n) is 8.16. The average molecular weight is 371 g/mol. The van der Waals surface area contributed by atoms with Gasteiger partial charge in [-0.2, -0.15) is 0 Å². The van der Waals surface area contributed by atoms with Crippen molar-refractivity contribution in [2.75, 3.05) is 6.26 Å². The Labute approximate surface area is 155 Å². The number of aromatic nitrogens is 5. The number of fused-ring (bicyclic) bond motifs is 1. The molecule has 3 rings (SSSR count). The van der Waals surface area contributed by atoms with Crippen LogP contribution >= 0.6 is 11.8 Å². The van der Waals surface area contributed by atoms with E-state index in [1.54, 1.807) is 30.8 Å². The maximum atomic E-state index is 12.8. The molecule has 0 aliphatic heterocycles. The normalized spacial score (nSPS) is 11.8. The summed E-state index contributed by atoms with van der Waals surface area (Å²) in [5, 5.41) is 11.1. The SMILES string of the molecule is C=CCn1c(=O)c2cnc(SC)nc2n1-c1cccc(CC(C)(C)O)n1. The first-order valence-corrected chi connectivity index (χ1v) is 9.38. The van der Waals surface area contributed by atoms with Crippen molar-refractivity contribution < 1.29 is 5.11 Å². The van der Waals surface area contributed by atoms with Gasteiger partial charge in [-0.1, -0.05) is 23.9 Å². The van der Waals surface area contributed by atoms with Gasteiger partial charge in [-0.05, 0) is 32.2 Å². The Kier molecular flexibility index (Phi) is 4.97. The maximum Gasteiger partial charge on any atom is 0.278 e. The summed E-state index contributed by atoms with van der Waals surface area (Å²) in [6, 6.07) is 5.52. The van der Waals surface area contributed by atoms with Gasteiger partial charge >= 0.3 is 0 Å². The van der Waals surface area contributed by atoms with Gasteiger partial charge < -0.3 is 5.11 Å². The van der Waals surface area contributed by atoms with Crippen LogP contribution in [0.15, 0.2) is 47.0 Å². The highest BCUT2D eigenvalue weighted by Gasteiger charge is 2.19. The van der Waals surface area contributed by atoms with E-state index in [-0.39, 0.29) is 5.56 Å². The number of hydrogen-bond donors (Lipinski definition) is 1. The van der Waals surface area contributed by atoms with Gasteiger partial charge in [0.15, 0.2) is 16.6 Å². The van der Waals surface area contributed by atoms with Gasteiger partial charge in [-0.25, -0.2) is 24.3 Å². The van der Waals surface area contributed by atoms with E-state index < -0.39 is 5.60 Å². The van der Waals surface area contributed by atoms with Crippen LogP contribution in [0.25, 0.3) is 16.9 Å². The largest absolute Gasteiger partial charge is 0.390 e. The molecule has 0 atom stereocenters. The minimum absolute atomic E-state index is 0.192. The molecule has 0 radical (unpaired) electrons. The van der Waals surface area contributed by atoms with Crippen LogP contribution in [-0.4, -0.2) is 41.3 Å². The van der Waals surface area contributed by atoms with Crippen LogP contribution in [-0.2, 0) is 13.0 Å². The van der Waals surface area contributed by atoms with Gasteiger partial charge in [0.05, 0.1) is 12.1 Å². The molecule has 3 aromatic rings. The Morgan fingerprint density at radius 1 is 1.35 bits per heavy atom. The second-order valence-electron chi connectivity index (χ2n) is 6.56. The smallest absolute Gasteiger partial charge is 0.278 e. The maximum absolute atomic E-state index is 12.8. The Morgan fingerprint density at radius 2 is 2.12 bits per heavy atom. The molecule has 26 heavy (non-hydrogen) atoms. The van der Waals surface area contributed by atoms with Crippen molar-refractivity contribution in [3.63, 3.8) is 0 Å². The number of allylic oxidation sites excluding steroid dienone is 1. The van der Waals surface area contributed by atoms with Crippen LogP contribution in [0.5, 0.6) is 0 Å². The standard InChI is InChI=1S/C18H21N5O2S/c1-5-9-22-16(24)13-11-19-17(26-4)21-15(13)23(22)14-8-6-7-12(20-14)10-18(2,3)25/h5-8,11,25H,1,9-10H2,2-4H3. The number of aliphatic hydroxyl groups is 1. The molecule has 0 aliphatic carbocycles. The number of thioether (sulfide) groups is 1. The molecule has 8 heteroatoms. The molecule has 0 fully saturated rings. The number of hydrogen-bond acceptors (Lipinski definition) is 6. The fourth-order valence-corrected chi connectivity index (χ4v) is 3.09. The molecule has 1 N–H and O–H groups in total. The highest BCUT2D eigenvalue weighted by Crippen LogP contribution is 2.18. The highest BCUT2D eigenvalue weighted by atomic mass is 32.2. The molecule has 0 bridgehead atoms. The minimum atomic E-state index is -0.876. The third-order valence-corrected chi connectivity index (χ3v) is 4.32. The molecule has 0 amide bonds. The third-order valence-electron chi connectivity index (χ3n) is 3.76. The lowest BCUT2D eigenvalue weighted by Crippen LogP contribution is -2.24. The monoisotopic (exact) mass is 371 g/mol. The fourth-order valence-electron chi connectivity index (χ4n) is 2.76. The van der Waals surface area contributed by atoms with Crippen molar-refractivity contribution >= 4 is 22.8 Å². The quantitative estimate of drug-likeness (QED) is 0.406. The molecule has 0 spiro atoms. The molecule has 3 heterocycles. The predicted octanol–water partition coefficient (Wildman–Crippen LogP) is 2.20. The van der Waals surface area contributed by atoms with Crippen molar-refractivity contribution in [2.45, 2.75) is 37.6 Å². The van der Waals surface area contributed by atoms with Crippen LogP contribution in [0, 0.1) is 0 Å². The summed E-state index contributed by atoms with van der Waals surface area (Å²) >= 11 is 1.41. The van der Waals surface area contributed by atoms with Crippen LogP contribution in [0.1, 0.15) is 19.5 Å². The lowest BCUT2D eigenvalue weighted by Gasteiger charge is -2.17. The molecule has 7 nitrogen and oxygen atoms in total. The average Bonchev–Trinajstić information content (AvgIpc) is 2.86. The first kappa shape index (κ1) is 18.3. The molecular formula is C18H21N5O2S. The van der Waals surface area contributed by atoms with Crippen LogP contribution in [0.2, 0.25) is 0 Å². The Morgan fingerprint density at radius 3 is 2.77 bits per heavy atom. The fraction of sp³-hybridized carbons (Fsp3) is 0.333. The Bertz CT molecular complexity index is 1020. The molecule has 136 valence electrons. The van der Waals surface area contributed by atoms with Crippen LogP contribution in [0.3, 0.4) is 0 Å². The van der Waals surface area contributed by atoms with Gasteiger partial charge in [0, 0.05) is 18.3 Å². The second-order valence-corrected chi connectivity index (χ2v) is 7.33. The van der Waals surface area contributed by atoms with E-state index in [0.717, 1.165) is 5.69 Å².